The molecule has 0 spiro atoms. The molecule has 1 aromatic carbocycles. The third-order valence-corrected chi connectivity index (χ3v) is 8.82. The normalized spacial score (nSPS) is 25.8. The number of ketones is 2. The Balaban J connectivity index is 1.53. The zero-order valence-electron chi connectivity index (χ0n) is 22.2. The summed E-state index contributed by atoms with van der Waals surface area (Å²) in [5.41, 5.74) is 2.31. The Hall–Kier alpha value is -3.72. The zero-order chi connectivity index (χ0) is 28.9. The van der Waals surface area contributed by atoms with Crippen molar-refractivity contribution >= 4 is 41.0 Å². The van der Waals surface area contributed by atoms with Gasteiger partial charge in [-0.05, 0) is 62.3 Å². The van der Waals surface area contributed by atoms with E-state index < -0.39 is 29.6 Å². The predicted octanol–water partition coefficient (Wildman–Crippen LogP) is 4.13. The number of benzene rings is 1. The van der Waals surface area contributed by atoms with E-state index >= 15 is 0 Å². The number of ether oxygens (including phenoxy) is 1. The van der Waals surface area contributed by atoms with Crippen LogP contribution >= 0.6 is 11.6 Å². The third-order valence-electron chi connectivity index (χ3n) is 8.53. The number of likely N-dealkylation sites (tertiary alicyclic amines) is 1. The summed E-state index contributed by atoms with van der Waals surface area (Å²) in [5, 5.41) is 19.2. The van der Waals surface area contributed by atoms with E-state index in [9.17, 15) is 29.1 Å². The van der Waals surface area contributed by atoms with Crippen molar-refractivity contribution in [3.05, 3.63) is 57.2 Å². The van der Waals surface area contributed by atoms with Crippen molar-refractivity contribution in [2.75, 3.05) is 13.7 Å². The van der Waals surface area contributed by atoms with Crippen molar-refractivity contribution in [1.82, 2.24) is 4.90 Å². The number of Topliss-reactive ketones (excluding diaryl/α,β-unsaturated/α-hetero) is 1. The predicted molar refractivity (Wildman–Crippen MR) is 144 cm³/mol. The first-order valence-electron chi connectivity index (χ1n) is 13.4. The number of carbonyl (C=O) groups excluding carboxylic acids is 4. The van der Waals surface area contributed by atoms with Gasteiger partial charge in [0.1, 0.15) is 0 Å². The van der Waals surface area contributed by atoms with E-state index in [-0.39, 0.29) is 59.3 Å². The number of allylic oxidation sites excluding steroid dienone is 6. The molecule has 5 rings (SSSR count). The second-order valence-corrected chi connectivity index (χ2v) is 11.2. The van der Waals surface area contributed by atoms with Crippen molar-refractivity contribution in [2.24, 2.45) is 17.8 Å². The summed E-state index contributed by atoms with van der Waals surface area (Å²) in [7, 11) is 1.38. The van der Waals surface area contributed by atoms with E-state index in [1.165, 1.54) is 24.2 Å². The maximum atomic E-state index is 13.7. The highest BCUT2D eigenvalue weighted by Gasteiger charge is 2.56. The highest BCUT2D eigenvalue weighted by molar-refractivity contribution is 6.32. The van der Waals surface area contributed by atoms with Crippen LogP contribution in [0.3, 0.4) is 0 Å². The van der Waals surface area contributed by atoms with Crippen LogP contribution in [0.5, 0.6) is 11.5 Å². The maximum Gasteiger partial charge on any atom is 0.303 e. The van der Waals surface area contributed by atoms with Gasteiger partial charge in [-0.2, -0.15) is 0 Å². The number of rotatable bonds is 8. The molecule has 1 aromatic rings. The molecule has 210 valence electrons. The van der Waals surface area contributed by atoms with Crippen LogP contribution in [0.15, 0.2) is 46.6 Å². The number of fused-ring (bicyclic) bond motifs is 3. The molecule has 1 saturated heterocycles. The fraction of sp³-hybridized carbons (Fsp3) is 0.433. The van der Waals surface area contributed by atoms with Crippen molar-refractivity contribution in [3.8, 4) is 11.5 Å². The molecule has 1 fully saturated rings. The SMILES string of the molecule is COc1cc([C@H]2C3=CC[C@@H]4C(=O)N(CCCCCC(=O)O)C(=O)[C@@H]4[C@@H]3CC3=C2C(=O)C=C(C)C3=O)cc(Cl)c1O. The van der Waals surface area contributed by atoms with Crippen molar-refractivity contribution in [2.45, 2.75) is 51.4 Å². The Morgan fingerprint density at radius 2 is 1.85 bits per heavy atom. The molecular weight excluding hydrogens is 538 g/mol. The van der Waals surface area contributed by atoms with E-state index in [4.69, 9.17) is 21.4 Å². The first-order chi connectivity index (χ1) is 19.0. The molecule has 2 N–H and O–H groups in total. The lowest BCUT2D eigenvalue weighted by atomic mass is 9.59. The molecule has 1 aliphatic heterocycles. The van der Waals surface area contributed by atoms with Crippen LogP contribution in [0.4, 0.5) is 0 Å². The maximum absolute atomic E-state index is 13.7. The molecule has 0 unspecified atom stereocenters. The number of amides is 2. The number of halogens is 1. The number of aliphatic carboxylic acids is 1. The van der Waals surface area contributed by atoms with Gasteiger partial charge in [-0.1, -0.05) is 29.7 Å². The van der Waals surface area contributed by atoms with Gasteiger partial charge in [-0.15, -0.1) is 0 Å². The summed E-state index contributed by atoms with van der Waals surface area (Å²) in [5.74, 6) is -4.53. The monoisotopic (exact) mass is 567 g/mol. The minimum atomic E-state index is -0.883. The number of nitrogens with zero attached hydrogens (tertiary/aromatic N) is 1. The molecule has 2 amide bonds. The molecule has 0 aromatic heterocycles. The Morgan fingerprint density at radius 1 is 1.10 bits per heavy atom. The Bertz CT molecular complexity index is 1440. The number of methoxy groups -OCH3 is 1. The summed E-state index contributed by atoms with van der Waals surface area (Å²) < 4.78 is 5.31. The van der Waals surface area contributed by atoms with E-state index in [1.54, 1.807) is 13.0 Å². The largest absolute Gasteiger partial charge is 0.503 e. The first-order valence-corrected chi connectivity index (χ1v) is 13.8. The van der Waals surface area contributed by atoms with E-state index in [2.05, 4.69) is 0 Å². The molecule has 4 aliphatic rings. The van der Waals surface area contributed by atoms with Gasteiger partial charge in [0.2, 0.25) is 11.8 Å². The van der Waals surface area contributed by atoms with Gasteiger partial charge in [0.15, 0.2) is 23.1 Å². The fourth-order valence-corrected chi connectivity index (χ4v) is 6.91. The van der Waals surface area contributed by atoms with Crippen LogP contribution in [0, 0.1) is 17.8 Å². The Labute approximate surface area is 236 Å². The second kappa shape index (κ2) is 10.7. The number of carbonyl (C=O) groups is 5. The van der Waals surface area contributed by atoms with Crippen LogP contribution in [0.1, 0.15) is 56.9 Å². The zero-order valence-corrected chi connectivity index (χ0v) is 23.0. The minimum absolute atomic E-state index is 0.0235. The topological polar surface area (TPSA) is 138 Å². The van der Waals surface area contributed by atoms with Gasteiger partial charge < -0.3 is 14.9 Å². The molecule has 4 atom stereocenters. The number of aromatic hydroxyl groups is 1. The van der Waals surface area contributed by atoms with Gasteiger partial charge in [-0.25, -0.2) is 0 Å². The highest BCUT2D eigenvalue weighted by Crippen LogP contribution is 2.56. The fourth-order valence-electron chi connectivity index (χ4n) is 6.69. The van der Waals surface area contributed by atoms with Crippen molar-refractivity contribution < 1.29 is 38.9 Å². The van der Waals surface area contributed by atoms with E-state index in [1.807, 2.05) is 6.08 Å². The Morgan fingerprint density at radius 3 is 2.55 bits per heavy atom. The molecule has 1 heterocycles. The van der Waals surface area contributed by atoms with E-state index in [0.29, 0.717) is 48.0 Å². The molecule has 40 heavy (non-hydrogen) atoms. The molecule has 10 heteroatoms. The van der Waals surface area contributed by atoms with Crippen LogP contribution in [-0.4, -0.2) is 58.1 Å². The number of carboxylic acid groups (broad SMARTS) is 1. The molecule has 0 bridgehead atoms. The van der Waals surface area contributed by atoms with Crippen LogP contribution in [-0.2, 0) is 24.0 Å². The van der Waals surface area contributed by atoms with Gasteiger partial charge in [0.25, 0.3) is 0 Å². The quantitative estimate of drug-likeness (QED) is 0.207. The smallest absolute Gasteiger partial charge is 0.303 e. The van der Waals surface area contributed by atoms with Gasteiger partial charge in [-0.3, -0.25) is 28.9 Å². The molecule has 0 saturated carbocycles. The number of hydrogen-bond acceptors (Lipinski definition) is 7. The molecule has 9 nitrogen and oxygen atoms in total. The minimum Gasteiger partial charge on any atom is -0.503 e. The number of phenols is 1. The molecule has 3 aliphatic carbocycles. The van der Waals surface area contributed by atoms with Gasteiger partial charge in [0, 0.05) is 35.6 Å². The average molecular weight is 568 g/mol. The lowest BCUT2D eigenvalue weighted by molar-refractivity contribution is -0.141. The second-order valence-electron chi connectivity index (χ2n) is 10.8. The Kier molecular flexibility index (Phi) is 7.44. The van der Waals surface area contributed by atoms with Gasteiger partial charge in [0.05, 0.1) is 24.0 Å². The number of unbranched alkanes of at least 4 members (excludes halogenated alkanes) is 2. The summed E-state index contributed by atoms with van der Waals surface area (Å²) in [6, 6.07) is 3.12. The van der Waals surface area contributed by atoms with Gasteiger partial charge >= 0.3 is 5.97 Å². The van der Waals surface area contributed by atoms with Crippen molar-refractivity contribution in [1.29, 1.82) is 0 Å². The van der Waals surface area contributed by atoms with Crippen LogP contribution in [0.25, 0.3) is 0 Å². The average Bonchev–Trinajstić information content (AvgIpc) is 3.16. The summed E-state index contributed by atoms with van der Waals surface area (Å²) in [6.07, 6.45) is 5.32. The number of phenolic OH excluding ortho intramolecular Hbond substituents is 1. The first kappa shape index (κ1) is 27.8. The summed E-state index contributed by atoms with van der Waals surface area (Å²) in [6.45, 7) is 1.80. The number of carboxylic acids is 1. The van der Waals surface area contributed by atoms with E-state index in [0.717, 1.165) is 5.57 Å². The standard InChI is InChI=1S/C30H30ClNO8/c1-14-10-21(33)26-19(27(14)36)13-18-16(24(26)15-11-20(31)28(37)22(12-15)40-2)7-8-17-25(18)30(39)32(29(17)38)9-5-3-4-6-23(34)35/h7,10-12,17-18,24-25,37H,3-6,8-9,13H2,1-2H3,(H,34,35)/t17-,18+,24-,25-/m0/s1. The number of imide groups is 1. The third kappa shape index (κ3) is 4.56. The van der Waals surface area contributed by atoms with Crippen LogP contribution in [0.2, 0.25) is 5.02 Å². The molecule has 0 radical (unpaired) electrons. The molecular formula is C30H30ClNO8. The van der Waals surface area contributed by atoms with Crippen molar-refractivity contribution in [3.63, 3.8) is 0 Å². The summed E-state index contributed by atoms with van der Waals surface area (Å²) in [4.78, 5) is 65.9. The highest BCUT2D eigenvalue weighted by atomic mass is 35.5. The number of hydrogen-bond donors (Lipinski definition) is 2. The lowest BCUT2D eigenvalue weighted by Gasteiger charge is -2.42. The lowest BCUT2D eigenvalue weighted by Crippen LogP contribution is -2.39. The van der Waals surface area contributed by atoms with Crippen LogP contribution < -0.4 is 4.74 Å². The summed E-state index contributed by atoms with van der Waals surface area (Å²) >= 11 is 6.33.